The highest BCUT2D eigenvalue weighted by atomic mass is 14.7. The standard InChI is InChI=1S/C17H16N2/c1-12-14(6-4-7-16(12)18)11-15-10-9-13-5-2-3-8-17(13)19-15/h2-10H,11,18H2,1H3. The summed E-state index contributed by atoms with van der Waals surface area (Å²) in [5, 5.41) is 1.18. The van der Waals surface area contributed by atoms with E-state index in [0.717, 1.165) is 28.9 Å². The van der Waals surface area contributed by atoms with Crippen molar-refractivity contribution in [3.8, 4) is 0 Å². The van der Waals surface area contributed by atoms with E-state index in [1.807, 2.05) is 30.3 Å². The van der Waals surface area contributed by atoms with Crippen molar-refractivity contribution < 1.29 is 0 Å². The topological polar surface area (TPSA) is 38.9 Å². The Balaban J connectivity index is 1.99. The van der Waals surface area contributed by atoms with Gasteiger partial charge in [-0.15, -0.1) is 0 Å². The monoisotopic (exact) mass is 248 g/mol. The van der Waals surface area contributed by atoms with Crippen LogP contribution in [0.15, 0.2) is 54.6 Å². The molecular weight excluding hydrogens is 232 g/mol. The Kier molecular flexibility index (Phi) is 2.92. The van der Waals surface area contributed by atoms with Crippen molar-refractivity contribution in [3.05, 3.63) is 71.4 Å². The second-order valence-corrected chi connectivity index (χ2v) is 4.80. The molecule has 1 heterocycles. The quantitative estimate of drug-likeness (QED) is 0.702. The molecule has 3 rings (SSSR count). The average Bonchev–Trinajstić information content (AvgIpc) is 2.44. The number of hydrogen-bond acceptors (Lipinski definition) is 2. The summed E-state index contributed by atoms with van der Waals surface area (Å²) in [4.78, 5) is 4.70. The SMILES string of the molecule is Cc1c(N)cccc1Cc1ccc2ccccc2n1. The fraction of sp³-hybridized carbons (Fsp3) is 0.118. The first-order chi connectivity index (χ1) is 9.24. The fourth-order valence-corrected chi connectivity index (χ4v) is 2.30. The predicted molar refractivity (Wildman–Crippen MR) is 80.1 cm³/mol. The van der Waals surface area contributed by atoms with Gasteiger partial charge >= 0.3 is 0 Å². The number of nitrogens with zero attached hydrogens (tertiary/aromatic N) is 1. The van der Waals surface area contributed by atoms with E-state index in [1.54, 1.807) is 0 Å². The van der Waals surface area contributed by atoms with Crippen LogP contribution in [0, 0.1) is 6.92 Å². The third-order valence-electron chi connectivity index (χ3n) is 3.52. The molecule has 0 saturated carbocycles. The lowest BCUT2D eigenvalue weighted by molar-refractivity contribution is 1.08. The number of para-hydroxylation sites is 1. The third kappa shape index (κ3) is 2.29. The van der Waals surface area contributed by atoms with Gasteiger partial charge in [-0.05, 0) is 36.2 Å². The highest BCUT2D eigenvalue weighted by Crippen LogP contribution is 2.19. The molecule has 0 unspecified atom stereocenters. The molecule has 0 radical (unpaired) electrons. The number of nitrogens with two attached hydrogens (primary N) is 1. The number of fused-ring (bicyclic) bond motifs is 1. The molecule has 94 valence electrons. The zero-order valence-corrected chi connectivity index (χ0v) is 10.9. The van der Waals surface area contributed by atoms with Gasteiger partial charge in [0.1, 0.15) is 0 Å². The Hall–Kier alpha value is -2.35. The summed E-state index contributed by atoms with van der Waals surface area (Å²) in [6.45, 7) is 2.06. The molecular formula is C17H16N2. The van der Waals surface area contributed by atoms with Crippen molar-refractivity contribution in [1.82, 2.24) is 4.98 Å². The Morgan fingerprint density at radius 1 is 0.947 bits per heavy atom. The third-order valence-corrected chi connectivity index (χ3v) is 3.52. The van der Waals surface area contributed by atoms with Gasteiger partial charge in [-0.1, -0.05) is 36.4 Å². The minimum atomic E-state index is 0.821. The van der Waals surface area contributed by atoms with Crippen LogP contribution in [0.25, 0.3) is 10.9 Å². The van der Waals surface area contributed by atoms with Crippen LogP contribution in [0.3, 0.4) is 0 Å². The van der Waals surface area contributed by atoms with Gasteiger partial charge in [-0.25, -0.2) is 0 Å². The predicted octanol–water partition coefficient (Wildman–Crippen LogP) is 3.72. The normalized spacial score (nSPS) is 10.8. The number of aromatic nitrogens is 1. The van der Waals surface area contributed by atoms with Crippen LogP contribution in [-0.4, -0.2) is 4.98 Å². The molecule has 0 fully saturated rings. The van der Waals surface area contributed by atoms with Gasteiger partial charge in [-0.3, -0.25) is 4.98 Å². The Morgan fingerprint density at radius 3 is 2.68 bits per heavy atom. The zero-order valence-electron chi connectivity index (χ0n) is 10.9. The highest BCUT2D eigenvalue weighted by molar-refractivity contribution is 5.78. The maximum atomic E-state index is 5.94. The molecule has 0 atom stereocenters. The van der Waals surface area contributed by atoms with E-state index in [0.29, 0.717) is 0 Å². The van der Waals surface area contributed by atoms with E-state index >= 15 is 0 Å². The maximum absolute atomic E-state index is 5.94. The molecule has 3 aromatic rings. The molecule has 0 saturated heterocycles. The number of pyridine rings is 1. The smallest absolute Gasteiger partial charge is 0.0705 e. The van der Waals surface area contributed by atoms with E-state index in [2.05, 4.69) is 31.2 Å². The van der Waals surface area contributed by atoms with Gasteiger partial charge in [0.25, 0.3) is 0 Å². The molecule has 0 aliphatic heterocycles. The van der Waals surface area contributed by atoms with Gasteiger partial charge < -0.3 is 5.73 Å². The van der Waals surface area contributed by atoms with Crippen LogP contribution in [0.2, 0.25) is 0 Å². The Morgan fingerprint density at radius 2 is 1.79 bits per heavy atom. The molecule has 19 heavy (non-hydrogen) atoms. The zero-order chi connectivity index (χ0) is 13.2. The molecule has 2 N–H and O–H groups in total. The summed E-state index contributed by atoms with van der Waals surface area (Å²) >= 11 is 0. The van der Waals surface area contributed by atoms with Crippen molar-refractivity contribution in [2.45, 2.75) is 13.3 Å². The van der Waals surface area contributed by atoms with Gasteiger partial charge in [0.2, 0.25) is 0 Å². The molecule has 1 aromatic heterocycles. The molecule has 2 aromatic carbocycles. The van der Waals surface area contributed by atoms with E-state index in [1.165, 1.54) is 10.9 Å². The molecule has 2 heteroatoms. The van der Waals surface area contributed by atoms with Crippen molar-refractivity contribution >= 4 is 16.6 Å². The first kappa shape index (κ1) is 11.7. The number of nitrogen functional groups attached to an aromatic ring is 1. The summed E-state index contributed by atoms with van der Waals surface area (Å²) in [5.74, 6) is 0. The highest BCUT2D eigenvalue weighted by Gasteiger charge is 2.04. The van der Waals surface area contributed by atoms with E-state index < -0.39 is 0 Å². The van der Waals surface area contributed by atoms with Crippen LogP contribution in [-0.2, 0) is 6.42 Å². The van der Waals surface area contributed by atoms with Crippen molar-refractivity contribution in [3.63, 3.8) is 0 Å². The molecule has 0 amide bonds. The van der Waals surface area contributed by atoms with Crippen LogP contribution in [0.1, 0.15) is 16.8 Å². The Labute approximate surface area is 112 Å². The lowest BCUT2D eigenvalue weighted by atomic mass is 10.0. The summed E-state index contributed by atoms with van der Waals surface area (Å²) in [7, 11) is 0. The lowest BCUT2D eigenvalue weighted by Gasteiger charge is -2.08. The second kappa shape index (κ2) is 4.73. The molecule has 0 aliphatic rings. The molecule has 0 spiro atoms. The van der Waals surface area contributed by atoms with Gasteiger partial charge in [0.05, 0.1) is 5.52 Å². The molecule has 0 aliphatic carbocycles. The average molecular weight is 248 g/mol. The summed E-state index contributed by atoms with van der Waals surface area (Å²) < 4.78 is 0. The minimum absolute atomic E-state index is 0.821. The number of anilines is 1. The van der Waals surface area contributed by atoms with E-state index in [4.69, 9.17) is 10.7 Å². The minimum Gasteiger partial charge on any atom is -0.399 e. The van der Waals surface area contributed by atoms with Crippen LogP contribution in [0.4, 0.5) is 5.69 Å². The summed E-state index contributed by atoms with van der Waals surface area (Å²) in [5.41, 5.74) is 11.3. The van der Waals surface area contributed by atoms with Crippen molar-refractivity contribution in [2.75, 3.05) is 5.73 Å². The number of benzene rings is 2. The maximum Gasteiger partial charge on any atom is 0.0705 e. The van der Waals surface area contributed by atoms with Crippen LogP contribution >= 0.6 is 0 Å². The number of hydrogen-bond donors (Lipinski definition) is 1. The first-order valence-electron chi connectivity index (χ1n) is 6.43. The van der Waals surface area contributed by atoms with Crippen molar-refractivity contribution in [2.24, 2.45) is 0 Å². The van der Waals surface area contributed by atoms with Gasteiger partial charge in [-0.2, -0.15) is 0 Å². The lowest BCUT2D eigenvalue weighted by Crippen LogP contribution is -1.98. The van der Waals surface area contributed by atoms with E-state index in [-0.39, 0.29) is 0 Å². The molecule has 2 nitrogen and oxygen atoms in total. The fourth-order valence-electron chi connectivity index (χ4n) is 2.30. The van der Waals surface area contributed by atoms with Gasteiger partial charge in [0, 0.05) is 23.2 Å². The Bertz CT molecular complexity index is 732. The summed E-state index contributed by atoms with van der Waals surface area (Å²) in [6.07, 6.45) is 0.821. The second-order valence-electron chi connectivity index (χ2n) is 4.80. The molecule has 0 bridgehead atoms. The summed E-state index contributed by atoms with van der Waals surface area (Å²) in [6, 6.07) is 18.4. The number of rotatable bonds is 2. The van der Waals surface area contributed by atoms with E-state index in [9.17, 15) is 0 Å². The first-order valence-corrected chi connectivity index (χ1v) is 6.43. The van der Waals surface area contributed by atoms with Crippen molar-refractivity contribution in [1.29, 1.82) is 0 Å². The van der Waals surface area contributed by atoms with Crippen LogP contribution < -0.4 is 5.73 Å². The largest absolute Gasteiger partial charge is 0.399 e. The van der Waals surface area contributed by atoms with Crippen LogP contribution in [0.5, 0.6) is 0 Å². The van der Waals surface area contributed by atoms with Gasteiger partial charge in [0.15, 0.2) is 0 Å².